The lowest BCUT2D eigenvalue weighted by molar-refractivity contribution is -0.119. The van der Waals surface area contributed by atoms with Gasteiger partial charge in [-0.1, -0.05) is 30.3 Å². The van der Waals surface area contributed by atoms with Crippen molar-refractivity contribution in [3.8, 4) is 0 Å². The van der Waals surface area contributed by atoms with Gasteiger partial charge in [0.15, 0.2) is 11.8 Å². The van der Waals surface area contributed by atoms with Crippen LogP contribution in [-0.4, -0.2) is 59.4 Å². The van der Waals surface area contributed by atoms with Crippen molar-refractivity contribution in [3.63, 3.8) is 0 Å². The Morgan fingerprint density at radius 3 is 2.90 bits per heavy atom. The molecule has 9 nitrogen and oxygen atoms in total. The Morgan fingerprint density at radius 1 is 1.30 bits per heavy atom. The van der Waals surface area contributed by atoms with E-state index < -0.39 is 0 Å². The van der Waals surface area contributed by atoms with E-state index in [-0.39, 0.29) is 18.5 Å². The first kappa shape index (κ1) is 21.8. The number of hydrogen-bond acceptors (Lipinski definition) is 5. The fourth-order valence-corrected chi connectivity index (χ4v) is 3.38. The molecule has 0 aliphatic carbocycles. The second kappa shape index (κ2) is 11.3. The maximum atomic E-state index is 12.2. The number of aromatic nitrogens is 3. The number of nitrogens with one attached hydrogen (secondary N) is 3. The number of nitrogens with zero attached hydrogens (tertiary/aromatic N) is 4. The highest BCUT2D eigenvalue weighted by Gasteiger charge is 2.22. The van der Waals surface area contributed by atoms with Crippen LogP contribution in [0, 0.1) is 0 Å². The zero-order valence-electron chi connectivity index (χ0n) is 17.7. The summed E-state index contributed by atoms with van der Waals surface area (Å²) in [4.78, 5) is 21.1. The maximum absolute atomic E-state index is 12.2. The number of benzene rings is 1. The Morgan fingerprint density at radius 2 is 2.13 bits per heavy atom. The molecule has 0 fully saturated rings. The van der Waals surface area contributed by atoms with Gasteiger partial charge in [0.25, 0.3) is 0 Å². The summed E-state index contributed by atoms with van der Waals surface area (Å²) < 4.78 is 7.04. The second-order valence-corrected chi connectivity index (χ2v) is 7.22. The minimum atomic E-state index is -0.0884. The van der Waals surface area contributed by atoms with E-state index >= 15 is 0 Å². The molecule has 162 valence electrons. The van der Waals surface area contributed by atoms with E-state index in [0.717, 1.165) is 31.6 Å². The highest BCUT2D eigenvalue weighted by molar-refractivity contribution is 5.85. The van der Waals surface area contributed by atoms with Gasteiger partial charge in [0, 0.05) is 32.7 Å². The minimum Gasteiger partial charge on any atom is -0.377 e. The summed E-state index contributed by atoms with van der Waals surface area (Å²) in [5.41, 5.74) is 1.20. The van der Waals surface area contributed by atoms with E-state index in [0.29, 0.717) is 31.5 Å². The van der Waals surface area contributed by atoms with Crippen LogP contribution in [-0.2, 0) is 35.5 Å². The van der Waals surface area contributed by atoms with Crippen LogP contribution < -0.4 is 16.0 Å². The summed E-state index contributed by atoms with van der Waals surface area (Å²) in [5.74, 6) is 2.25. The highest BCUT2D eigenvalue weighted by Crippen LogP contribution is 2.13. The van der Waals surface area contributed by atoms with Gasteiger partial charge in [-0.15, -0.1) is 0 Å². The molecule has 3 rings (SSSR count). The molecule has 1 amide bonds. The molecular weight excluding hydrogens is 382 g/mol. The van der Waals surface area contributed by atoms with E-state index in [1.165, 1.54) is 5.56 Å². The number of carbonyl (C=O) groups is 1. The fraction of sp³-hybridized carbons (Fsp3) is 0.524. The molecule has 0 saturated carbocycles. The van der Waals surface area contributed by atoms with Crippen molar-refractivity contribution < 1.29 is 9.53 Å². The average molecular weight is 414 g/mol. The molecule has 0 spiro atoms. The molecule has 1 unspecified atom stereocenters. The molecule has 30 heavy (non-hydrogen) atoms. The summed E-state index contributed by atoms with van der Waals surface area (Å²) >= 11 is 0. The molecule has 1 aromatic heterocycles. The summed E-state index contributed by atoms with van der Waals surface area (Å²) in [6, 6.07) is 10.3. The lowest BCUT2D eigenvalue weighted by atomic mass is 10.1. The van der Waals surface area contributed by atoms with E-state index in [9.17, 15) is 4.79 Å². The molecule has 0 radical (unpaired) electrons. The van der Waals surface area contributed by atoms with Crippen molar-refractivity contribution in [1.29, 1.82) is 0 Å². The largest absolute Gasteiger partial charge is 0.377 e. The van der Waals surface area contributed by atoms with Crippen molar-refractivity contribution >= 4 is 11.9 Å². The van der Waals surface area contributed by atoms with Crippen LogP contribution in [0.5, 0.6) is 0 Å². The Bertz CT molecular complexity index is 835. The van der Waals surface area contributed by atoms with Gasteiger partial charge < -0.3 is 20.7 Å². The number of fused-ring (bicyclic) bond motifs is 1. The highest BCUT2D eigenvalue weighted by atomic mass is 16.5. The number of guanidine groups is 1. The van der Waals surface area contributed by atoms with Crippen LogP contribution >= 0.6 is 0 Å². The molecule has 1 aliphatic rings. The van der Waals surface area contributed by atoms with Crippen molar-refractivity contribution in [1.82, 2.24) is 30.7 Å². The van der Waals surface area contributed by atoms with E-state index in [4.69, 9.17) is 4.74 Å². The number of carbonyl (C=O) groups excluding carboxylic acids is 1. The Balaban J connectivity index is 1.47. The van der Waals surface area contributed by atoms with Gasteiger partial charge in [0.2, 0.25) is 5.91 Å². The zero-order valence-corrected chi connectivity index (χ0v) is 17.7. The van der Waals surface area contributed by atoms with E-state index in [1.807, 2.05) is 29.8 Å². The summed E-state index contributed by atoms with van der Waals surface area (Å²) in [6.07, 6.45) is 2.58. The first-order valence-electron chi connectivity index (χ1n) is 10.4. The van der Waals surface area contributed by atoms with Crippen LogP contribution in [0.2, 0.25) is 0 Å². The summed E-state index contributed by atoms with van der Waals surface area (Å²) in [7, 11) is 1.64. The molecule has 0 saturated heterocycles. The second-order valence-electron chi connectivity index (χ2n) is 7.22. The number of ether oxygens (including phenoxy) is 1. The normalized spacial score (nSPS) is 16.1. The molecule has 1 aliphatic heterocycles. The molecular formula is C21H31N7O2. The van der Waals surface area contributed by atoms with Gasteiger partial charge in [0.1, 0.15) is 19.0 Å². The maximum Gasteiger partial charge on any atom is 0.241 e. The SMILES string of the molecule is CCNC(=NCC(=O)NCCc1ccccc1)NC1CCc2nc(COC)nn2C1. The molecule has 2 aromatic rings. The third kappa shape index (κ3) is 6.55. The standard InChI is InChI=1S/C21H31N7O2/c1-3-22-21(24-13-20(29)23-12-11-16-7-5-4-6-8-16)25-17-9-10-19-26-18(15-30-2)27-28(19)14-17/h4-8,17H,3,9-15H2,1-2H3,(H,23,29)(H2,22,24,25). The first-order chi connectivity index (χ1) is 14.7. The Labute approximate surface area is 177 Å². The lowest BCUT2D eigenvalue weighted by Crippen LogP contribution is -2.47. The van der Waals surface area contributed by atoms with Gasteiger partial charge in [-0.25, -0.2) is 14.7 Å². The number of rotatable bonds is 9. The molecule has 1 aromatic carbocycles. The molecule has 9 heteroatoms. The third-order valence-corrected chi connectivity index (χ3v) is 4.82. The van der Waals surface area contributed by atoms with E-state index in [1.54, 1.807) is 7.11 Å². The number of methoxy groups -OCH3 is 1. The Hall–Kier alpha value is -2.94. The Kier molecular flexibility index (Phi) is 8.20. The van der Waals surface area contributed by atoms with Gasteiger partial charge in [-0.3, -0.25) is 4.79 Å². The lowest BCUT2D eigenvalue weighted by Gasteiger charge is -2.25. The van der Waals surface area contributed by atoms with Crippen LogP contribution in [0.25, 0.3) is 0 Å². The monoisotopic (exact) mass is 413 g/mol. The molecule has 1 atom stereocenters. The third-order valence-electron chi connectivity index (χ3n) is 4.82. The molecule has 3 N–H and O–H groups in total. The summed E-state index contributed by atoms with van der Waals surface area (Å²) in [6.45, 7) is 4.54. The van der Waals surface area contributed by atoms with Crippen LogP contribution in [0.15, 0.2) is 35.3 Å². The van der Waals surface area contributed by atoms with Gasteiger partial charge >= 0.3 is 0 Å². The van der Waals surface area contributed by atoms with Crippen LogP contribution in [0.3, 0.4) is 0 Å². The predicted octanol–water partition coefficient (Wildman–Crippen LogP) is 0.653. The number of hydrogen-bond donors (Lipinski definition) is 3. The van der Waals surface area contributed by atoms with Gasteiger partial charge in [-0.05, 0) is 25.3 Å². The first-order valence-corrected chi connectivity index (χ1v) is 10.4. The smallest absolute Gasteiger partial charge is 0.241 e. The number of amides is 1. The predicted molar refractivity (Wildman–Crippen MR) is 115 cm³/mol. The van der Waals surface area contributed by atoms with Gasteiger partial charge in [-0.2, -0.15) is 5.10 Å². The van der Waals surface area contributed by atoms with Crippen LogP contribution in [0.4, 0.5) is 0 Å². The van der Waals surface area contributed by atoms with Crippen molar-refractivity contribution in [2.45, 2.75) is 45.4 Å². The fourth-order valence-electron chi connectivity index (χ4n) is 3.38. The quantitative estimate of drug-likeness (QED) is 0.412. The molecule has 2 heterocycles. The topological polar surface area (TPSA) is 105 Å². The number of aliphatic imine (C=N–C) groups is 1. The van der Waals surface area contributed by atoms with Crippen molar-refractivity contribution in [3.05, 3.63) is 47.5 Å². The van der Waals surface area contributed by atoms with Crippen LogP contribution in [0.1, 0.15) is 30.6 Å². The number of aryl methyl sites for hydroxylation is 1. The summed E-state index contributed by atoms with van der Waals surface area (Å²) in [5, 5.41) is 14.0. The zero-order chi connectivity index (χ0) is 21.2. The van der Waals surface area contributed by atoms with Crippen molar-refractivity contribution in [2.24, 2.45) is 4.99 Å². The molecule has 0 bridgehead atoms. The average Bonchev–Trinajstić information content (AvgIpc) is 3.15. The van der Waals surface area contributed by atoms with E-state index in [2.05, 4.69) is 43.2 Å². The minimum absolute atomic E-state index is 0.0867. The van der Waals surface area contributed by atoms with Crippen molar-refractivity contribution in [2.75, 3.05) is 26.7 Å². The van der Waals surface area contributed by atoms with Gasteiger partial charge in [0.05, 0.1) is 6.54 Å².